The van der Waals surface area contributed by atoms with Gasteiger partial charge < -0.3 is 13.8 Å². The van der Waals surface area contributed by atoms with E-state index in [-0.39, 0.29) is 5.92 Å². The minimum Gasteiger partial charge on any atom is -0.381 e. The molecule has 0 radical (unpaired) electrons. The zero-order valence-electron chi connectivity index (χ0n) is 11.1. The minimum atomic E-state index is 0.236. The summed E-state index contributed by atoms with van der Waals surface area (Å²) in [5.74, 6) is 2.71. The summed E-state index contributed by atoms with van der Waals surface area (Å²) >= 11 is 0. The summed E-state index contributed by atoms with van der Waals surface area (Å²) in [5, 5.41) is 7.97. The Morgan fingerprint density at radius 2 is 2.21 bits per heavy atom. The van der Waals surface area contributed by atoms with Gasteiger partial charge in [-0.15, -0.1) is 0 Å². The molecule has 0 aromatic carbocycles. The van der Waals surface area contributed by atoms with E-state index in [1.54, 1.807) is 0 Å². The molecule has 1 aliphatic rings. The molecular formula is C13H17N3O3. The second kappa shape index (κ2) is 5.13. The molecule has 0 aliphatic carbocycles. The van der Waals surface area contributed by atoms with Crippen molar-refractivity contribution in [2.75, 3.05) is 13.2 Å². The van der Waals surface area contributed by atoms with Gasteiger partial charge >= 0.3 is 0 Å². The third kappa shape index (κ3) is 2.68. The molecule has 3 rings (SSSR count). The molecule has 2 aromatic heterocycles. The molecule has 19 heavy (non-hydrogen) atoms. The van der Waals surface area contributed by atoms with Crippen LogP contribution in [-0.2, 0) is 11.2 Å². The van der Waals surface area contributed by atoms with Gasteiger partial charge in [0.1, 0.15) is 5.76 Å². The van der Waals surface area contributed by atoms with E-state index in [9.17, 15) is 0 Å². The highest BCUT2D eigenvalue weighted by atomic mass is 16.5. The molecule has 1 saturated heterocycles. The fourth-order valence-electron chi connectivity index (χ4n) is 2.16. The first-order valence-electron chi connectivity index (χ1n) is 6.59. The Morgan fingerprint density at radius 3 is 2.95 bits per heavy atom. The van der Waals surface area contributed by atoms with Gasteiger partial charge in [0.2, 0.25) is 0 Å². The van der Waals surface area contributed by atoms with Crippen LogP contribution in [0.25, 0.3) is 11.6 Å². The first-order chi connectivity index (χ1) is 9.22. The first kappa shape index (κ1) is 12.3. The molecule has 0 N–H and O–H groups in total. The molecule has 1 unspecified atom stereocenters. The Balaban J connectivity index is 1.76. The fraction of sp³-hybridized carbons (Fsp3) is 0.615. The molecule has 0 spiro atoms. The van der Waals surface area contributed by atoms with Crippen LogP contribution in [0.15, 0.2) is 15.1 Å². The molecule has 0 amide bonds. The van der Waals surface area contributed by atoms with Crippen LogP contribution in [0.2, 0.25) is 0 Å². The van der Waals surface area contributed by atoms with E-state index < -0.39 is 0 Å². The Hall–Kier alpha value is -1.69. The van der Waals surface area contributed by atoms with E-state index in [0.717, 1.165) is 25.2 Å². The number of rotatable bonds is 4. The molecule has 0 saturated carbocycles. The smallest absolute Gasteiger partial charge is 0.280 e. The van der Waals surface area contributed by atoms with Gasteiger partial charge in [-0.05, 0) is 12.3 Å². The monoisotopic (exact) mass is 263 g/mol. The summed E-state index contributed by atoms with van der Waals surface area (Å²) in [4.78, 5) is 4.37. The molecular weight excluding hydrogens is 246 g/mol. The van der Waals surface area contributed by atoms with Crippen molar-refractivity contribution < 1.29 is 13.8 Å². The maximum absolute atomic E-state index is 5.32. The van der Waals surface area contributed by atoms with Crippen LogP contribution < -0.4 is 0 Å². The van der Waals surface area contributed by atoms with Crippen LogP contribution in [0.1, 0.15) is 37.8 Å². The zero-order chi connectivity index (χ0) is 13.2. The lowest BCUT2D eigenvalue weighted by Crippen LogP contribution is -1.99. The maximum Gasteiger partial charge on any atom is 0.280 e. The number of hydrogen-bond donors (Lipinski definition) is 0. The van der Waals surface area contributed by atoms with E-state index in [1.807, 2.05) is 6.07 Å². The fourth-order valence-corrected chi connectivity index (χ4v) is 2.16. The van der Waals surface area contributed by atoms with Crippen molar-refractivity contribution in [2.45, 2.75) is 32.6 Å². The molecule has 2 aromatic rings. The molecule has 102 valence electrons. The van der Waals surface area contributed by atoms with E-state index in [2.05, 4.69) is 29.1 Å². The van der Waals surface area contributed by atoms with Crippen molar-refractivity contribution in [1.29, 1.82) is 0 Å². The normalized spacial score (nSPS) is 19.4. The largest absolute Gasteiger partial charge is 0.381 e. The Labute approximate surface area is 111 Å². The van der Waals surface area contributed by atoms with Gasteiger partial charge in [0, 0.05) is 25.0 Å². The lowest BCUT2D eigenvalue weighted by atomic mass is 10.1. The highest BCUT2D eigenvalue weighted by molar-refractivity contribution is 5.45. The SMILES string of the molecule is CC(C)Cc1cc(-c2nc(C3CCOC3)no2)no1. The Kier molecular flexibility index (Phi) is 3.33. The molecule has 3 heterocycles. The van der Waals surface area contributed by atoms with Crippen LogP contribution >= 0.6 is 0 Å². The van der Waals surface area contributed by atoms with Gasteiger partial charge in [-0.1, -0.05) is 24.2 Å². The molecule has 1 atom stereocenters. The van der Waals surface area contributed by atoms with Crippen molar-refractivity contribution in [3.05, 3.63) is 17.7 Å². The highest BCUT2D eigenvalue weighted by Crippen LogP contribution is 2.25. The van der Waals surface area contributed by atoms with Crippen LogP contribution in [-0.4, -0.2) is 28.5 Å². The quantitative estimate of drug-likeness (QED) is 0.843. The summed E-state index contributed by atoms with van der Waals surface area (Å²) in [6, 6.07) is 1.86. The van der Waals surface area contributed by atoms with Crippen molar-refractivity contribution >= 4 is 0 Å². The molecule has 1 aliphatic heterocycles. The van der Waals surface area contributed by atoms with Crippen molar-refractivity contribution in [2.24, 2.45) is 5.92 Å². The summed E-state index contributed by atoms with van der Waals surface area (Å²) in [5.41, 5.74) is 0.605. The van der Waals surface area contributed by atoms with Crippen LogP contribution in [0.5, 0.6) is 0 Å². The standard InChI is InChI=1S/C13H17N3O3/c1-8(2)5-10-6-11(15-18-10)13-14-12(16-19-13)9-3-4-17-7-9/h6,8-9H,3-5,7H2,1-2H3. The molecule has 6 nitrogen and oxygen atoms in total. The first-order valence-corrected chi connectivity index (χ1v) is 6.59. The number of hydrogen-bond acceptors (Lipinski definition) is 6. The maximum atomic E-state index is 5.32. The summed E-state index contributed by atoms with van der Waals surface area (Å²) < 4.78 is 15.8. The average Bonchev–Trinajstić information content (AvgIpc) is 3.09. The van der Waals surface area contributed by atoms with Gasteiger partial charge in [0.15, 0.2) is 11.5 Å². The summed E-state index contributed by atoms with van der Waals surface area (Å²) in [6.07, 6.45) is 1.79. The second-order valence-electron chi connectivity index (χ2n) is 5.29. The third-order valence-corrected chi connectivity index (χ3v) is 3.12. The predicted molar refractivity (Wildman–Crippen MR) is 66.5 cm³/mol. The number of ether oxygens (including phenoxy) is 1. The van der Waals surface area contributed by atoms with Crippen LogP contribution in [0.4, 0.5) is 0 Å². The lowest BCUT2D eigenvalue weighted by Gasteiger charge is -1.97. The highest BCUT2D eigenvalue weighted by Gasteiger charge is 2.24. The van der Waals surface area contributed by atoms with E-state index in [0.29, 0.717) is 29.9 Å². The number of nitrogens with zero attached hydrogens (tertiary/aromatic N) is 3. The van der Waals surface area contributed by atoms with Gasteiger partial charge in [-0.25, -0.2) is 0 Å². The van der Waals surface area contributed by atoms with Crippen molar-refractivity contribution in [1.82, 2.24) is 15.3 Å². The van der Waals surface area contributed by atoms with Crippen LogP contribution in [0.3, 0.4) is 0 Å². The van der Waals surface area contributed by atoms with E-state index in [4.69, 9.17) is 13.8 Å². The Morgan fingerprint density at radius 1 is 1.32 bits per heavy atom. The predicted octanol–water partition coefficient (Wildman–Crippen LogP) is 2.43. The van der Waals surface area contributed by atoms with Crippen LogP contribution in [0, 0.1) is 5.92 Å². The molecule has 6 heteroatoms. The van der Waals surface area contributed by atoms with E-state index >= 15 is 0 Å². The minimum absolute atomic E-state index is 0.236. The molecule has 1 fully saturated rings. The Bertz CT molecular complexity index is 541. The van der Waals surface area contributed by atoms with Gasteiger partial charge in [-0.3, -0.25) is 0 Å². The zero-order valence-corrected chi connectivity index (χ0v) is 11.1. The van der Waals surface area contributed by atoms with Gasteiger partial charge in [-0.2, -0.15) is 4.98 Å². The topological polar surface area (TPSA) is 74.2 Å². The van der Waals surface area contributed by atoms with Gasteiger partial charge in [0.25, 0.3) is 5.89 Å². The average molecular weight is 263 g/mol. The summed E-state index contributed by atoms with van der Waals surface area (Å²) in [7, 11) is 0. The summed E-state index contributed by atoms with van der Waals surface area (Å²) in [6.45, 7) is 5.69. The second-order valence-corrected chi connectivity index (χ2v) is 5.29. The van der Waals surface area contributed by atoms with Crippen molar-refractivity contribution in [3.8, 4) is 11.6 Å². The third-order valence-electron chi connectivity index (χ3n) is 3.12. The van der Waals surface area contributed by atoms with E-state index in [1.165, 1.54) is 0 Å². The lowest BCUT2D eigenvalue weighted by molar-refractivity contribution is 0.192. The molecule has 0 bridgehead atoms. The van der Waals surface area contributed by atoms with Gasteiger partial charge in [0.05, 0.1) is 6.61 Å². The van der Waals surface area contributed by atoms with Crippen molar-refractivity contribution in [3.63, 3.8) is 0 Å². The number of aromatic nitrogens is 3.